The van der Waals surface area contributed by atoms with E-state index in [-0.39, 0.29) is 0 Å². The Morgan fingerprint density at radius 2 is 1.67 bits per heavy atom. The van der Waals surface area contributed by atoms with Crippen molar-refractivity contribution in [2.24, 2.45) is 4.99 Å². The fourth-order valence-electron chi connectivity index (χ4n) is 1.64. The van der Waals surface area contributed by atoms with Crippen LogP contribution >= 0.6 is 0 Å². The topological polar surface area (TPSA) is 35.0 Å². The first kappa shape index (κ1) is 14.3. The summed E-state index contributed by atoms with van der Waals surface area (Å²) in [6, 6.07) is 6.00. The van der Waals surface area contributed by atoms with Crippen LogP contribution in [-0.4, -0.2) is 63.0 Å². The van der Waals surface area contributed by atoms with Crippen molar-refractivity contribution in [2.45, 2.75) is 6.54 Å². The predicted molar refractivity (Wildman–Crippen MR) is 77.1 cm³/mol. The number of pyridine rings is 1. The van der Waals surface area contributed by atoms with Crippen molar-refractivity contribution in [1.29, 1.82) is 0 Å². The molecular weight excluding hydrogens is 226 g/mol. The summed E-state index contributed by atoms with van der Waals surface area (Å²) in [5, 5.41) is 0. The van der Waals surface area contributed by atoms with Gasteiger partial charge in [0.1, 0.15) is 5.82 Å². The molecule has 0 saturated heterocycles. The molecule has 100 valence electrons. The van der Waals surface area contributed by atoms with Gasteiger partial charge in [-0.3, -0.25) is 0 Å². The van der Waals surface area contributed by atoms with Crippen LogP contribution in [0.25, 0.3) is 0 Å². The van der Waals surface area contributed by atoms with E-state index in [2.05, 4.69) is 9.98 Å². The number of guanidine groups is 1. The first-order valence-corrected chi connectivity index (χ1v) is 5.94. The van der Waals surface area contributed by atoms with E-state index in [1.165, 1.54) is 0 Å². The van der Waals surface area contributed by atoms with E-state index >= 15 is 0 Å². The summed E-state index contributed by atoms with van der Waals surface area (Å²) in [6.07, 6.45) is 0. The highest BCUT2D eigenvalue weighted by Gasteiger charge is 2.04. The number of aliphatic imine (C=N–C) groups is 1. The lowest BCUT2D eigenvalue weighted by molar-refractivity contribution is 0.479. The molecule has 5 nitrogen and oxygen atoms in total. The van der Waals surface area contributed by atoms with Gasteiger partial charge in [-0.1, -0.05) is 6.07 Å². The highest BCUT2D eigenvalue weighted by Crippen LogP contribution is 2.08. The average Bonchev–Trinajstić information content (AvgIpc) is 2.28. The zero-order valence-corrected chi connectivity index (χ0v) is 12.2. The normalized spacial score (nSPS) is 9.89. The number of anilines is 1. The molecule has 0 atom stereocenters. The molecule has 0 fully saturated rings. The van der Waals surface area contributed by atoms with Crippen LogP contribution in [0.1, 0.15) is 5.69 Å². The lowest BCUT2D eigenvalue weighted by Crippen LogP contribution is -2.35. The Bertz CT molecular complexity index is 400. The smallest absolute Gasteiger partial charge is 0.195 e. The van der Waals surface area contributed by atoms with Gasteiger partial charge in [0.25, 0.3) is 0 Å². The summed E-state index contributed by atoms with van der Waals surface area (Å²) in [7, 11) is 11.9. The molecule has 0 bridgehead atoms. The summed E-state index contributed by atoms with van der Waals surface area (Å²) in [5.74, 6) is 1.89. The van der Waals surface area contributed by atoms with E-state index in [0.29, 0.717) is 6.54 Å². The van der Waals surface area contributed by atoms with Gasteiger partial charge in [0.05, 0.1) is 12.2 Å². The van der Waals surface area contributed by atoms with Gasteiger partial charge < -0.3 is 14.7 Å². The van der Waals surface area contributed by atoms with Crippen LogP contribution in [0.5, 0.6) is 0 Å². The third-order valence-electron chi connectivity index (χ3n) is 2.43. The Morgan fingerprint density at radius 1 is 1.06 bits per heavy atom. The molecule has 1 aromatic heterocycles. The zero-order valence-electron chi connectivity index (χ0n) is 12.2. The summed E-state index contributed by atoms with van der Waals surface area (Å²) in [5.41, 5.74) is 0.974. The lowest BCUT2D eigenvalue weighted by atomic mass is 10.3. The van der Waals surface area contributed by atoms with E-state index in [0.717, 1.165) is 17.5 Å². The largest absolute Gasteiger partial charge is 0.363 e. The lowest BCUT2D eigenvalue weighted by Gasteiger charge is -2.22. The monoisotopic (exact) mass is 249 g/mol. The molecule has 0 radical (unpaired) electrons. The summed E-state index contributed by atoms with van der Waals surface area (Å²) < 4.78 is 0. The molecule has 1 aromatic rings. The van der Waals surface area contributed by atoms with E-state index < -0.39 is 0 Å². The van der Waals surface area contributed by atoms with E-state index in [1.54, 1.807) is 0 Å². The van der Waals surface area contributed by atoms with Gasteiger partial charge in [-0.15, -0.1) is 0 Å². The maximum Gasteiger partial charge on any atom is 0.195 e. The Kier molecular flexibility index (Phi) is 4.95. The maximum absolute atomic E-state index is 4.58. The van der Waals surface area contributed by atoms with E-state index in [9.17, 15) is 0 Å². The molecule has 0 unspecified atom stereocenters. The average molecular weight is 249 g/mol. The van der Waals surface area contributed by atoms with Gasteiger partial charge in [0, 0.05) is 42.3 Å². The first-order valence-electron chi connectivity index (χ1n) is 5.94. The highest BCUT2D eigenvalue weighted by molar-refractivity contribution is 5.79. The number of aromatic nitrogens is 1. The van der Waals surface area contributed by atoms with Crippen molar-refractivity contribution in [3.63, 3.8) is 0 Å². The molecule has 5 heteroatoms. The van der Waals surface area contributed by atoms with Crippen LogP contribution in [0.2, 0.25) is 0 Å². The molecule has 0 aliphatic rings. The molecule has 0 spiro atoms. The second-order valence-corrected chi connectivity index (χ2v) is 4.79. The standard InChI is InChI=1S/C13H23N5/c1-16(2)12-9-7-8-11(15-12)10-14-13(17(3)4)18(5)6/h7-9H,10H2,1-6H3. The van der Waals surface area contributed by atoms with Crippen LogP contribution < -0.4 is 4.90 Å². The zero-order chi connectivity index (χ0) is 13.7. The van der Waals surface area contributed by atoms with Crippen molar-refractivity contribution < 1.29 is 0 Å². The second-order valence-electron chi connectivity index (χ2n) is 4.79. The molecule has 1 heterocycles. The van der Waals surface area contributed by atoms with Crippen molar-refractivity contribution in [2.75, 3.05) is 47.2 Å². The number of hydrogen-bond donors (Lipinski definition) is 0. The molecule has 0 aliphatic carbocycles. The Morgan fingerprint density at radius 3 is 2.17 bits per heavy atom. The van der Waals surface area contributed by atoms with Crippen molar-refractivity contribution in [3.05, 3.63) is 23.9 Å². The number of rotatable bonds is 3. The minimum absolute atomic E-state index is 0.591. The quantitative estimate of drug-likeness (QED) is 0.594. The maximum atomic E-state index is 4.58. The van der Waals surface area contributed by atoms with Crippen LogP contribution in [0.4, 0.5) is 5.82 Å². The molecule has 18 heavy (non-hydrogen) atoms. The molecular formula is C13H23N5. The summed E-state index contributed by atoms with van der Waals surface area (Å²) in [6.45, 7) is 0.591. The molecule has 0 aromatic carbocycles. The van der Waals surface area contributed by atoms with Crippen molar-refractivity contribution >= 4 is 11.8 Å². The van der Waals surface area contributed by atoms with Crippen LogP contribution in [0.3, 0.4) is 0 Å². The van der Waals surface area contributed by atoms with Gasteiger partial charge in [-0.25, -0.2) is 9.98 Å². The summed E-state index contributed by atoms with van der Waals surface area (Å²) in [4.78, 5) is 15.1. The fraction of sp³-hybridized carbons (Fsp3) is 0.538. The SMILES string of the molecule is CN(C)C(=NCc1cccc(N(C)C)n1)N(C)C. The summed E-state index contributed by atoms with van der Waals surface area (Å²) >= 11 is 0. The van der Waals surface area contributed by atoms with Crippen molar-refractivity contribution in [1.82, 2.24) is 14.8 Å². The molecule has 0 amide bonds. The van der Waals surface area contributed by atoms with Gasteiger partial charge in [0.15, 0.2) is 5.96 Å². The molecule has 0 aliphatic heterocycles. The van der Waals surface area contributed by atoms with Gasteiger partial charge >= 0.3 is 0 Å². The molecule has 0 saturated carbocycles. The third-order valence-corrected chi connectivity index (χ3v) is 2.43. The molecule has 0 N–H and O–H groups in total. The Labute approximate surface area is 110 Å². The molecule has 1 rings (SSSR count). The van der Waals surface area contributed by atoms with Gasteiger partial charge in [-0.2, -0.15) is 0 Å². The van der Waals surface area contributed by atoms with E-state index in [4.69, 9.17) is 0 Å². The first-order chi connectivity index (χ1) is 8.41. The highest BCUT2D eigenvalue weighted by atomic mass is 15.3. The van der Waals surface area contributed by atoms with Crippen LogP contribution in [0.15, 0.2) is 23.2 Å². The van der Waals surface area contributed by atoms with Crippen LogP contribution in [0, 0.1) is 0 Å². The Hall–Kier alpha value is -1.78. The van der Waals surface area contributed by atoms with Crippen molar-refractivity contribution in [3.8, 4) is 0 Å². The number of nitrogens with zero attached hydrogens (tertiary/aromatic N) is 5. The van der Waals surface area contributed by atoms with E-state index in [1.807, 2.05) is 75.2 Å². The number of hydrogen-bond acceptors (Lipinski definition) is 3. The van der Waals surface area contributed by atoms with Crippen LogP contribution in [-0.2, 0) is 6.54 Å². The predicted octanol–water partition coefficient (Wildman–Crippen LogP) is 1.13. The fourth-order valence-corrected chi connectivity index (χ4v) is 1.64. The Balaban J connectivity index is 2.84. The minimum atomic E-state index is 0.591. The minimum Gasteiger partial charge on any atom is -0.363 e. The second kappa shape index (κ2) is 6.23. The van der Waals surface area contributed by atoms with Gasteiger partial charge in [-0.05, 0) is 12.1 Å². The van der Waals surface area contributed by atoms with Gasteiger partial charge in [0.2, 0.25) is 0 Å². The third kappa shape index (κ3) is 3.91.